The van der Waals surface area contributed by atoms with Gasteiger partial charge in [0.25, 0.3) is 0 Å². The molecule has 1 fully saturated rings. The summed E-state index contributed by atoms with van der Waals surface area (Å²) in [5, 5.41) is 24.0. The number of aromatic amines is 1. The first-order valence-electron chi connectivity index (χ1n) is 10.2. The van der Waals surface area contributed by atoms with E-state index in [4.69, 9.17) is 5.73 Å². The lowest BCUT2D eigenvalue weighted by Crippen LogP contribution is -2.58. The van der Waals surface area contributed by atoms with Gasteiger partial charge in [-0.1, -0.05) is 0 Å². The number of aliphatic hydroxyl groups excluding tert-OH is 1. The molecule has 0 bridgehead atoms. The molecule has 1 aliphatic heterocycles. The summed E-state index contributed by atoms with van der Waals surface area (Å²) >= 11 is 1.53. The molecule has 0 aromatic carbocycles. The molecule has 3 amide bonds. The number of rotatable bonds is 12. The predicted molar refractivity (Wildman–Crippen MR) is 117 cm³/mol. The zero-order valence-corrected chi connectivity index (χ0v) is 18.6. The van der Waals surface area contributed by atoms with E-state index < -0.39 is 54.5 Å². The van der Waals surface area contributed by atoms with Gasteiger partial charge in [-0.2, -0.15) is 11.8 Å². The van der Waals surface area contributed by atoms with E-state index in [2.05, 4.69) is 20.6 Å². The molecule has 4 unspecified atom stereocenters. The quantitative estimate of drug-likeness (QED) is 0.202. The minimum absolute atomic E-state index is 0.0345. The monoisotopic (exact) mass is 470 g/mol. The summed E-state index contributed by atoms with van der Waals surface area (Å²) in [4.78, 5) is 57.6. The second-order valence-electron chi connectivity index (χ2n) is 7.50. The highest BCUT2D eigenvalue weighted by molar-refractivity contribution is 7.98. The zero-order valence-electron chi connectivity index (χ0n) is 17.8. The molecule has 1 saturated heterocycles. The molecule has 1 aliphatic rings. The van der Waals surface area contributed by atoms with Crippen LogP contribution in [0.25, 0.3) is 0 Å². The van der Waals surface area contributed by atoms with Crippen molar-refractivity contribution in [2.45, 2.75) is 49.9 Å². The van der Waals surface area contributed by atoms with Gasteiger partial charge in [0.15, 0.2) is 0 Å². The number of carbonyl (C=O) groups excluding carboxylic acids is 3. The van der Waals surface area contributed by atoms with Gasteiger partial charge >= 0.3 is 5.97 Å². The Balaban J connectivity index is 2.11. The third-order valence-electron chi connectivity index (χ3n) is 5.20. The van der Waals surface area contributed by atoms with Gasteiger partial charge in [0, 0.05) is 24.9 Å². The molecule has 32 heavy (non-hydrogen) atoms. The van der Waals surface area contributed by atoms with Crippen LogP contribution in [0.15, 0.2) is 12.5 Å². The second-order valence-corrected chi connectivity index (χ2v) is 8.49. The molecule has 13 heteroatoms. The first kappa shape index (κ1) is 25.6. The fraction of sp³-hybridized carbons (Fsp3) is 0.632. The number of hydrogen-bond donors (Lipinski definition) is 6. The molecule has 0 aliphatic carbocycles. The number of carboxylic acids is 1. The number of imidazole rings is 1. The van der Waals surface area contributed by atoms with Crippen LogP contribution >= 0.6 is 11.8 Å². The zero-order chi connectivity index (χ0) is 23.7. The van der Waals surface area contributed by atoms with Crippen LogP contribution in [-0.2, 0) is 25.6 Å². The molecule has 0 saturated carbocycles. The number of nitrogens with two attached hydrogens (primary N) is 1. The summed E-state index contributed by atoms with van der Waals surface area (Å²) in [5.74, 6) is -2.37. The fourth-order valence-corrected chi connectivity index (χ4v) is 3.91. The molecule has 2 heterocycles. The molecule has 1 aromatic rings. The number of carbonyl (C=O) groups is 4. The lowest BCUT2D eigenvalue weighted by atomic mass is 10.1. The predicted octanol–water partition coefficient (Wildman–Crippen LogP) is -1.93. The fourth-order valence-electron chi connectivity index (χ4n) is 3.42. The lowest BCUT2D eigenvalue weighted by molar-refractivity contribution is -0.149. The van der Waals surface area contributed by atoms with Crippen LogP contribution in [0.4, 0.5) is 0 Å². The highest BCUT2D eigenvalue weighted by atomic mass is 32.2. The van der Waals surface area contributed by atoms with E-state index in [1.807, 2.05) is 6.26 Å². The lowest BCUT2D eigenvalue weighted by Gasteiger charge is -2.28. The van der Waals surface area contributed by atoms with Gasteiger partial charge in [0.2, 0.25) is 17.7 Å². The van der Waals surface area contributed by atoms with Crippen LogP contribution in [0.1, 0.15) is 25.0 Å². The van der Waals surface area contributed by atoms with Crippen molar-refractivity contribution in [2.75, 3.05) is 25.2 Å². The van der Waals surface area contributed by atoms with Gasteiger partial charge in [-0.05, 0) is 31.3 Å². The summed E-state index contributed by atoms with van der Waals surface area (Å²) in [6.07, 6.45) is 6.08. The van der Waals surface area contributed by atoms with Gasteiger partial charge in [-0.25, -0.2) is 9.78 Å². The van der Waals surface area contributed by atoms with Gasteiger partial charge < -0.3 is 36.5 Å². The Labute approximate surface area is 189 Å². The first-order valence-corrected chi connectivity index (χ1v) is 11.6. The van der Waals surface area contributed by atoms with E-state index >= 15 is 0 Å². The number of nitrogens with zero attached hydrogens (tertiary/aromatic N) is 2. The average Bonchev–Trinajstić information content (AvgIpc) is 3.46. The van der Waals surface area contributed by atoms with E-state index in [0.29, 0.717) is 30.7 Å². The minimum Gasteiger partial charge on any atom is -0.480 e. The highest BCUT2D eigenvalue weighted by Crippen LogP contribution is 2.19. The van der Waals surface area contributed by atoms with Crippen molar-refractivity contribution in [3.8, 4) is 0 Å². The van der Waals surface area contributed by atoms with E-state index in [1.54, 1.807) is 0 Å². The van der Waals surface area contributed by atoms with Crippen LogP contribution in [0.3, 0.4) is 0 Å². The van der Waals surface area contributed by atoms with Crippen molar-refractivity contribution in [3.63, 3.8) is 0 Å². The highest BCUT2D eigenvalue weighted by Gasteiger charge is 2.38. The van der Waals surface area contributed by atoms with Gasteiger partial charge in [0.05, 0.1) is 19.0 Å². The summed E-state index contributed by atoms with van der Waals surface area (Å²) < 4.78 is 0. The van der Waals surface area contributed by atoms with Crippen molar-refractivity contribution in [2.24, 2.45) is 5.73 Å². The third kappa shape index (κ3) is 6.93. The summed E-state index contributed by atoms with van der Waals surface area (Å²) in [6, 6.07) is -4.23. The van der Waals surface area contributed by atoms with E-state index in [1.165, 1.54) is 29.2 Å². The molecular weight excluding hydrogens is 440 g/mol. The summed E-state index contributed by atoms with van der Waals surface area (Å²) in [5.41, 5.74) is 6.36. The number of nitrogens with one attached hydrogen (secondary N) is 3. The standard InChI is InChI=1S/C19H30N6O6S/c1-32-6-4-12(20)16(27)24-14(9-26)17(28)23-13(7-11-8-21-10-22-11)18(29)25-5-2-3-15(25)19(30)31/h8,10,12-15,26H,2-7,9,20H2,1H3,(H,21,22)(H,23,28)(H,24,27)(H,30,31). The number of hydrogen-bond acceptors (Lipinski definition) is 8. The minimum atomic E-state index is -1.31. The van der Waals surface area contributed by atoms with Crippen LogP contribution in [0.5, 0.6) is 0 Å². The SMILES string of the molecule is CSCCC(N)C(=O)NC(CO)C(=O)NC(Cc1cnc[nH]1)C(=O)N1CCCC1C(=O)O. The van der Waals surface area contributed by atoms with Crippen LogP contribution in [0, 0.1) is 0 Å². The summed E-state index contributed by atoms with van der Waals surface area (Å²) in [6.45, 7) is -0.436. The molecule has 178 valence electrons. The Kier molecular flexibility index (Phi) is 9.94. The van der Waals surface area contributed by atoms with Crippen LogP contribution in [-0.4, -0.2) is 98.1 Å². The van der Waals surface area contributed by atoms with Gasteiger partial charge in [-0.15, -0.1) is 0 Å². The number of aliphatic hydroxyl groups is 1. The number of amides is 3. The Morgan fingerprint density at radius 3 is 2.62 bits per heavy atom. The summed E-state index contributed by atoms with van der Waals surface area (Å²) in [7, 11) is 0. The Morgan fingerprint density at radius 2 is 2.03 bits per heavy atom. The maximum Gasteiger partial charge on any atom is 0.326 e. The molecule has 4 atom stereocenters. The largest absolute Gasteiger partial charge is 0.480 e. The first-order chi connectivity index (χ1) is 15.3. The van der Waals surface area contributed by atoms with Gasteiger partial charge in [0.1, 0.15) is 18.1 Å². The molecule has 2 rings (SSSR count). The normalized spacial score (nSPS) is 18.6. The number of aliphatic carboxylic acids is 1. The second kappa shape index (κ2) is 12.4. The van der Waals surface area contributed by atoms with Crippen LogP contribution in [0.2, 0.25) is 0 Å². The number of carboxylic acid groups (broad SMARTS) is 1. The topological polar surface area (TPSA) is 191 Å². The average molecular weight is 471 g/mol. The van der Waals surface area contributed by atoms with E-state index in [9.17, 15) is 29.4 Å². The number of H-pyrrole nitrogens is 1. The van der Waals surface area contributed by atoms with Crippen molar-refractivity contribution in [3.05, 3.63) is 18.2 Å². The number of thioether (sulfide) groups is 1. The molecular formula is C19H30N6O6S. The maximum atomic E-state index is 13.1. The van der Waals surface area contributed by atoms with E-state index in [0.717, 1.165) is 0 Å². The third-order valence-corrected chi connectivity index (χ3v) is 5.84. The Bertz CT molecular complexity index is 791. The molecule has 1 aromatic heterocycles. The van der Waals surface area contributed by atoms with Crippen molar-refractivity contribution < 1.29 is 29.4 Å². The Hall–Kier alpha value is -2.64. The van der Waals surface area contributed by atoms with Crippen molar-refractivity contribution in [1.29, 1.82) is 0 Å². The number of likely N-dealkylation sites (tertiary alicyclic amines) is 1. The molecule has 7 N–H and O–H groups in total. The van der Waals surface area contributed by atoms with E-state index in [-0.39, 0.29) is 13.0 Å². The maximum absolute atomic E-state index is 13.1. The molecule has 0 spiro atoms. The van der Waals surface area contributed by atoms with Crippen molar-refractivity contribution >= 4 is 35.5 Å². The molecule has 0 radical (unpaired) electrons. The van der Waals surface area contributed by atoms with Crippen LogP contribution < -0.4 is 16.4 Å². The molecule has 12 nitrogen and oxygen atoms in total. The Morgan fingerprint density at radius 1 is 1.31 bits per heavy atom. The van der Waals surface area contributed by atoms with Crippen molar-refractivity contribution in [1.82, 2.24) is 25.5 Å². The number of aromatic nitrogens is 2. The smallest absolute Gasteiger partial charge is 0.326 e. The van der Waals surface area contributed by atoms with Gasteiger partial charge in [-0.3, -0.25) is 14.4 Å².